The average Bonchev–Trinajstić information content (AvgIpc) is 3.08. The van der Waals surface area contributed by atoms with Crippen molar-refractivity contribution < 1.29 is 9.59 Å². The molecule has 4 aliphatic rings. The number of hydrogen-bond donors (Lipinski definition) is 1. The van der Waals surface area contributed by atoms with Crippen LogP contribution < -0.4 is 5.32 Å². The van der Waals surface area contributed by atoms with Crippen molar-refractivity contribution in [2.75, 3.05) is 7.05 Å². The number of fused-ring (bicyclic) bond motifs is 5. The third kappa shape index (κ3) is 2.84. The summed E-state index contributed by atoms with van der Waals surface area (Å²) in [6.07, 6.45) is 12.2. The monoisotopic (exact) mass is 409 g/mol. The first kappa shape index (κ1) is 20.0. The molecule has 5 heteroatoms. The minimum atomic E-state index is 0.0366. The highest BCUT2D eigenvalue weighted by atomic mass is 16.2. The van der Waals surface area contributed by atoms with E-state index in [-0.39, 0.29) is 22.8 Å². The van der Waals surface area contributed by atoms with E-state index in [0.29, 0.717) is 35.8 Å². The van der Waals surface area contributed by atoms with Gasteiger partial charge >= 0.3 is 0 Å². The summed E-state index contributed by atoms with van der Waals surface area (Å²) in [5, 5.41) is 3.39. The highest BCUT2D eigenvalue weighted by molar-refractivity contribution is 5.94. The minimum Gasteiger partial charge on any atom is -0.349 e. The number of hydrogen-bond acceptors (Lipinski definition) is 3. The molecule has 1 aliphatic heterocycles. The highest BCUT2D eigenvalue weighted by Gasteiger charge is 2.61. The molecule has 4 fully saturated rings. The molecule has 162 valence electrons. The molecule has 2 heterocycles. The van der Waals surface area contributed by atoms with Gasteiger partial charge in [-0.15, -0.1) is 0 Å². The molecule has 0 radical (unpaired) electrons. The van der Waals surface area contributed by atoms with Crippen molar-refractivity contribution in [3.05, 3.63) is 30.1 Å². The molecule has 1 saturated heterocycles. The fraction of sp³-hybridized carbons (Fsp3) is 0.720. The van der Waals surface area contributed by atoms with Gasteiger partial charge in [0, 0.05) is 43.5 Å². The topological polar surface area (TPSA) is 62.3 Å². The Morgan fingerprint density at radius 2 is 1.77 bits per heavy atom. The second-order valence-electron chi connectivity index (χ2n) is 10.9. The summed E-state index contributed by atoms with van der Waals surface area (Å²) in [5.74, 6) is 2.49. The van der Waals surface area contributed by atoms with Crippen molar-refractivity contribution in [2.45, 2.75) is 77.3 Å². The van der Waals surface area contributed by atoms with Crippen molar-refractivity contribution in [2.24, 2.45) is 28.6 Å². The first-order valence-electron chi connectivity index (χ1n) is 11.8. The first-order valence-corrected chi connectivity index (χ1v) is 11.8. The minimum absolute atomic E-state index is 0.0366. The third-order valence-electron chi connectivity index (χ3n) is 9.81. The Morgan fingerprint density at radius 3 is 2.53 bits per heavy atom. The average molecular weight is 410 g/mol. The van der Waals surface area contributed by atoms with Crippen LogP contribution in [0.1, 0.15) is 75.6 Å². The summed E-state index contributed by atoms with van der Waals surface area (Å²) in [4.78, 5) is 31.3. The van der Waals surface area contributed by atoms with Crippen molar-refractivity contribution >= 4 is 11.8 Å². The summed E-state index contributed by atoms with van der Waals surface area (Å²) in [7, 11) is 2.03. The lowest BCUT2D eigenvalue weighted by molar-refractivity contribution is -0.157. The summed E-state index contributed by atoms with van der Waals surface area (Å²) in [5.41, 5.74) is 1.14. The molecule has 1 unspecified atom stereocenters. The van der Waals surface area contributed by atoms with E-state index in [2.05, 4.69) is 29.0 Å². The number of nitrogens with zero attached hydrogens (tertiary/aromatic N) is 2. The fourth-order valence-corrected chi connectivity index (χ4v) is 8.13. The number of aromatic nitrogens is 1. The number of rotatable bonds is 2. The van der Waals surface area contributed by atoms with E-state index >= 15 is 0 Å². The zero-order valence-corrected chi connectivity index (χ0v) is 18.6. The van der Waals surface area contributed by atoms with Crippen molar-refractivity contribution in [1.29, 1.82) is 0 Å². The molecule has 2 amide bonds. The van der Waals surface area contributed by atoms with Crippen molar-refractivity contribution in [3.8, 4) is 0 Å². The maximum Gasteiger partial charge on any atom is 0.251 e. The molecule has 5 nitrogen and oxygen atoms in total. The van der Waals surface area contributed by atoms with E-state index < -0.39 is 0 Å². The fourth-order valence-electron chi connectivity index (χ4n) is 8.13. The lowest BCUT2D eigenvalue weighted by Gasteiger charge is -2.61. The van der Waals surface area contributed by atoms with E-state index in [4.69, 9.17) is 0 Å². The van der Waals surface area contributed by atoms with Gasteiger partial charge in [0.15, 0.2) is 0 Å². The van der Waals surface area contributed by atoms with Gasteiger partial charge in [-0.1, -0.05) is 13.8 Å². The molecule has 0 bridgehead atoms. The number of carbonyl (C=O) groups is 2. The van der Waals surface area contributed by atoms with Gasteiger partial charge in [-0.25, -0.2) is 0 Å². The van der Waals surface area contributed by atoms with Gasteiger partial charge in [0.25, 0.3) is 5.91 Å². The maximum atomic E-state index is 12.8. The Bertz CT molecular complexity index is 842. The predicted octanol–water partition coefficient (Wildman–Crippen LogP) is 4.04. The molecule has 3 saturated carbocycles. The van der Waals surface area contributed by atoms with Crippen LogP contribution in [0.4, 0.5) is 0 Å². The number of piperidine rings is 1. The molecule has 0 spiro atoms. The Labute approximate surface area is 180 Å². The predicted molar refractivity (Wildman–Crippen MR) is 116 cm³/mol. The number of pyridine rings is 1. The van der Waals surface area contributed by atoms with Crippen LogP contribution in [-0.4, -0.2) is 40.8 Å². The number of likely N-dealkylation sites (tertiary alicyclic amines) is 1. The van der Waals surface area contributed by atoms with Crippen LogP contribution in [0.15, 0.2) is 24.5 Å². The van der Waals surface area contributed by atoms with Crippen LogP contribution >= 0.6 is 0 Å². The van der Waals surface area contributed by atoms with Gasteiger partial charge in [0.1, 0.15) is 0 Å². The van der Waals surface area contributed by atoms with Gasteiger partial charge in [-0.05, 0) is 85.7 Å². The number of nitrogens with one attached hydrogen (secondary N) is 1. The maximum absolute atomic E-state index is 12.8. The number of amides is 2. The van der Waals surface area contributed by atoms with Crippen LogP contribution in [0.5, 0.6) is 0 Å². The second-order valence-corrected chi connectivity index (χ2v) is 10.9. The van der Waals surface area contributed by atoms with Gasteiger partial charge in [-0.2, -0.15) is 0 Å². The van der Waals surface area contributed by atoms with E-state index in [1.54, 1.807) is 24.5 Å². The molecule has 3 aliphatic carbocycles. The summed E-state index contributed by atoms with van der Waals surface area (Å²) >= 11 is 0. The van der Waals surface area contributed by atoms with Crippen LogP contribution in [0.3, 0.4) is 0 Å². The van der Waals surface area contributed by atoms with Crippen LogP contribution in [-0.2, 0) is 4.79 Å². The lowest BCUT2D eigenvalue weighted by atomic mass is 9.47. The first-order chi connectivity index (χ1) is 14.3. The van der Waals surface area contributed by atoms with Crippen LogP contribution in [0.25, 0.3) is 0 Å². The van der Waals surface area contributed by atoms with E-state index in [9.17, 15) is 9.59 Å². The van der Waals surface area contributed by atoms with E-state index in [1.807, 2.05) is 7.05 Å². The molecule has 1 aromatic heterocycles. The quantitative estimate of drug-likeness (QED) is 0.802. The van der Waals surface area contributed by atoms with Crippen LogP contribution in [0, 0.1) is 28.6 Å². The summed E-state index contributed by atoms with van der Waals surface area (Å²) in [6, 6.07) is 4.26. The SMILES string of the molecule is CN1C(=O)CC[C@]2(C)[C@H]3CC[C@]4(C)C(NC(=O)c5ccncc5)CC[C@H]4[C@@H]3CC[C@@H]12. The largest absolute Gasteiger partial charge is 0.349 e. The van der Waals surface area contributed by atoms with Crippen molar-refractivity contribution in [1.82, 2.24) is 15.2 Å². The zero-order valence-electron chi connectivity index (χ0n) is 18.6. The Balaban J connectivity index is 1.35. The van der Waals surface area contributed by atoms with Gasteiger partial charge in [0.05, 0.1) is 0 Å². The van der Waals surface area contributed by atoms with E-state index in [0.717, 1.165) is 25.2 Å². The number of carbonyl (C=O) groups excluding carboxylic acids is 2. The van der Waals surface area contributed by atoms with Crippen LogP contribution in [0.2, 0.25) is 0 Å². The highest BCUT2D eigenvalue weighted by Crippen LogP contribution is 2.64. The molecular formula is C25H35N3O2. The smallest absolute Gasteiger partial charge is 0.251 e. The molecule has 1 aromatic rings. The second kappa shape index (κ2) is 7.06. The molecule has 0 aromatic carbocycles. The third-order valence-corrected chi connectivity index (χ3v) is 9.81. The summed E-state index contributed by atoms with van der Waals surface area (Å²) in [6.45, 7) is 4.90. The van der Waals surface area contributed by atoms with Gasteiger partial charge in [-0.3, -0.25) is 14.6 Å². The zero-order chi connectivity index (χ0) is 21.1. The molecule has 7 atom stereocenters. The van der Waals surface area contributed by atoms with Gasteiger partial charge < -0.3 is 10.2 Å². The van der Waals surface area contributed by atoms with Crippen molar-refractivity contribution in [3.63, 3.8) is 0 Å². The molecule has 1 N–H and O–H groups in total. The normalized spacial score (nSPS) is 42.8. The Kier molecular flexibility index (Phi) is 4.71. The Morgan fingerprint density at radius 1 is 1.03 bits per heavy atom. The standard InChI is InChI=1S/C25H35N3O2/c1-24-12-8-19-17(4-7-21-25(19,2)13-9-22(29)28(21)3)18(24)5-6-20(24)27-23(30)16-10-14-26-15-11-16/h10-11,14-15,17-21H,4-9,12-13H2,1-3H3,(H,27,30)/t17-,18-,19-,20?,21+,24-,25+/m0/s1. The summed E-state index contributed by atoms with van der Waals surface area (Å²) < 4.78 is 0. The van der Waals surface area contributed by atoms with Gasteiger partial charge in [0.2, 0.25) is 5.91 Å². The van der Waals surface area contributed by atoms with E-state index in [1.165, 1.54) is 25.7 Å². The molecule has 30 heavy (non-hydrogen) atoms. The lowest BCUT2D eigenvalue weighted by Crippen LogP contribution is -2.62. The molecular weight excluding hydrogens is 374 g/mol. The Hall–Kier alpha value is -1.91. The molecule has 5 rings (SSSR count).